The van der Waals surface area contributed by atoms with Gasteiger partial charge >= 0.3 is 0 Å². The minimum Gasteiger partial charge on any atom is -0.504 e. The van der Waals surface area contributed by atoms with Crippen LogP contribution >= 0.6 is 11.8 Å². The molecule has 0 spiro atoms. The van der Waals surface area contributed by atoms with E-state index in [0.29, 0.717) is 11.4 Å². The molecule has 1 aliphatic heterocycles. The van der Waals surface area contributed by atoms with Crippen LogP contribution in [0.25, 0.3) is 5.69 Å². The van der Waals surface area contributed by atoms with E-state index in [4.69, 9.17) is 0 Å². The third-order valence-corrected chi connectivity index (χ3v) is 5.24. The molecule has 25 heavy (non-hydrogen) atoms. The standard InChI is InChI=1S/C19H18N4OS/c1-12-8-10-14(11-9-12)18-20-21-19(25-18)16-17(24)13(2)22-23(16)15-6-4-3-5-7-15/h3-11,19,21,24H,1-2H3. The van der Waals surface area contributed by atoms with Crippen LogP contribution in [0.5, 0.6) is 5.75 Å². The molecule has 0 fully saturated rings. The molecule has 4 rings (SSSR count). The van der Waals surface area contributed by atoms with Gasteiger partial charge < -0.3 is 5.11 Å². The zero-order chi connectivity index (χ0) is 17.4. The van der Waals surface area contributed by atoms with Gasteiger partial charge in [-0.05, 0) is 26.0 Å². The number of benzene rings is 2. The zero-order valence-electron chi connectivity index (χ0n) is 14.0. The van der Waals surface area contributed by atoms with Crippen molar-refractivity contribution in [3.63, 3.8) is 0 Å². The van der Waals surface area contributed by atoms with Gasteiger partial charge in [0.1, 0.15) is 21.8 Å². The Bertz CT molecular complexity index is 932. The summed E-state index contributed by atoms with van der Waals surface area (Å²) in [6, 6.07) is 18.1. The molecule has 5 nitrogen and oxygen atoms in total. The van der Waals surface area contributed by atoms with Gasteiger partial charge in [0.25, 0.3) is 0 Å². The SMILES string of the molecule is Cc1ccc(C2=NNC(c3c(O)c(C)nn3-c3ccccc3)S2)cc1. The number of aryl methyl sites for hydroxylation is 2. The van der Waals surface area contributed by atoms with Crippen LogP contribution in [0.15, 0.2) is 59.7 Å². The van der Waals surface area contributed by atoms with Crippen LogP contribution in [0.4, 0.5) is 0 Å². The summed E-state index contributed by atoms with van der Waals surface area (Å²) in [7, 11) is 0. The second-order valence-corrected chi connectivity index (χ2v) is 7.07. The summed E-state index contributed by atoms with van der Waals surface area (Å²) in [5.74, 6) is 0.203. The van der Waals surface area contributed by atoms with E-state index in [-0.39, 0.29) is 11.1 Å². The highest BCUT2D eigenvalue weighted by molar-refractivity contribution is 8.14. The van der Waals surface area contributed by atoms with Gasteiger partial charge in [0, 0.05) is 5.56 Å². The number of thioether (sulfide) groups is 1. The van der Waals surface area contributed by atoms with E-state index >= 15 is 0 Å². The van der Waals surface area contributed by atoms with Crippen molar-refractivity contribution in [1.29, 1.82) is 0 Å². The molecular formula is C19H18N4OS. The van der Waals surface area contributed by atoms with Gasteiger partial charge in [0.05, 0.1) is 5.69 Å². The molecule has 0 saturated heterocycles. The van der Waals surface area contributed by atoms with Crippen LogP contribution in [0.1, 0.15) is 27.9 Å². The zero-order valence-corrected chi connectivity index (χ0v) is 14.8. The van der Waals surface area contributed by atoms with Gasteiger partial charge in [0.15, 0.2) is 5.75 Å². The Balaban J connectivity index is 1.67. The van der Waals surface area contributed by atoms with Crippen LogP contribution in [0, 0.1) is 13.8 Å². The predicted octanol–water partition coefficient (Wildman–Crippen LogP) is 3.89. The van der Waals surface area contributed by atoms with Crippen molar-refractivity contribution in [3.05, 3.63) is 77.1 Å². The second kappa shape index (κ2) is 6.29. The topological polar surface area (TPSA) is 62.4 Å². The normalized spacial score (nSPS) is 16.6. The number of hydrazone groups is 1. The molecule has 1 unspecified atom stereocenters. The first-order chi connectivity index (χ1) is 12.1. The van der Waals surface area contributed by atoms with Crippen LogP contribution in [-0.2, 0) is 0 Å². The van der Waals surface area contributed by atoms with Gasteiger partial charge in [-0.1, -0.05) is 59.8 Å². The van der Waals surface area contributed by atoms with Gasteiger partial charge in [0.2, 0.25) is 0 Å². The summed E-state index contributed by atoms with van der Waals surface area (Å²) >= 11 is 1.58. The maximum absolute atomic E-state index is 10.5. The van der Waals surface area contributed by atoms with Crippen molar-refractivity contribution in [3.8, 4) is 11.4 Å². The molecule has 0 amide bonds. The van der Waals surface area contributed by atoms with E-state index in [2.05, 4.69) is 46.8 Å². The van der Waals surface area contributed by atoms with E-state index in [9.17, 15) is 5.11 Å². The van der Waals surface area contributed by atoms with E-state index in [1.54, 1.807) is 23.4 Å². The maximum Gasteiger partial charge on any atom is 0.163 e. The second-order valence-electron chi connectivity index (χ2n) is 5.98. The summed E-state index contributed by atoms with van der Waals surface area (Å²) in [6.07, 6.45) is 0. The molecule has 0 bridgehead atoms. The van der Waals surface area contributed by atoms with Gasteiger partial charge in [-0.15, -0.1) is 0 Å². The molecular weight excluding hydrogens is 332 g/mol. The molecule has 1 aromatic heterocycles. The first-order valence-electron chi connectivity index (χ1n) is 8.04. The number of nitrogens with one attached hydrogen (secondary N) is 1. The Hall–Kier alpha value is -2.73. The number of hydrogen-bond acceptors (Lipinski definition) is 5. The third kappa shape index (κ3) is 2.89. The first-order valence-corrected chi connectivity index (χ1v) is 8.92. The maximum atomic E-state index is 10.5. The van der Waals surface area contributed by atoms with Crippen LogP contribution in [0.2, 0.25) is 0 Å². The van der Waals surface area contributed by atoms with Crippen molar-refractivity contribution in [1.82, 2.24) is 15.2 Å². The quantitative estimate of drug-likeness (QED) is 0.752. The Kier molecular flexibility index (Phi) is 3.97. The summed E-state index contributed by atoms with van der Waals surface area (Å²) in [6.45, 7) is 3.87. The van der Waals surface area contributed by atoms with Gasteiger partial charge in [-0.2, -0.15) is 10.2 Å². The predicted molar refractivity (Wildman–Crippen MR) is 101 cm³/mol. The fourth-order valence-corrected chi connectivity index (χ4v) is 3.79. The molecule has 2 heterocycles. The largest absolute Gasteiger partial charge is 0.504 e. The lowest BCUT2D eigenvalue weighted by Gasteiger charge is -2.13. The average Bonchev–Trinajstić information content (AvgIpc) is 3.22. The Morgan fingerprint density at radius 3 is 2.48 bits per heavy atom. The summed E-state index contributed by atoms with van der Waals surface area (Å²) in [5.41, 5.74) is 7.63. The van der Waals surface area contributed by atoms with E-state index in [1.165, 1.54) is 5.56 Å². The lowest BCUT2D eigenvalue weighted by atomic mass is 10.2. The van der Waals surface area contributed by atoms with Gasteiger partial charge in [-0.25, -0.2) is 4.68 Å². The van der Waals surface area contributed by atoms with Crippen molar-refractivity contribution < 1.29 is 5.11 Å². The summed E-state index contributed by atoms with van der Waals surface area (Å²) in [4.78, 5) is 0. The number of aromatic hydroxyl groups is 1. The molecule has 0 radical (unpaired) electrons. The number of hydrogen-bond donors (Lipinski definition) is 2. The van der Waals surface area contributed by atoms with Crippen molar-refractivity contribution in [2.24, 2.45) is 5.10 Å². The van der Waals surface area contributed by atoms with Crippen LogP contribution in [0.3, 0.4) is 0 Å². The monoisotopic (exact) mass is 350 g/mol. The molecule has 3 aromatic rings. The minimum absolute atomic E-state index is 0.197. The van der Waals surface area contributed by atoms with Crippen molar-refractivity contribution in [2.75, 3.05) is 0 Å². The number of nitrogens with zero attached hydrogens (tertiary/aromatic N) is 3. The molecule has 0 saturated carbocycles. The number of para-hydroxylation sites is 1. The fraction of sp³-hybridized carbons (Fsp3) is 0.158. The highest BCUT2D eigenvalue weighted by Crippen LogP contribution is 2.40. The van der Waals surface area contributed by atoms with E-state index < -0.39 is 0 Å². The average molecular weight is 350 g/mol. The number of aromatic nitrogens is 2. The molecule has 0 aliphatic carbocycles. The first kappa shape index (κ1) is 15.8. The third-order valence-electron chi connectivity index (χ3n) is 4.12. The number of rotatable bonds is 3. The highest BCUT2D eigenvalue weighted by Gasteiger charge is 2.30. The van der Waals surface area contributed by atoms with Gasteiger partial charge in [-0.3, -0.25) is 5.43 Å². The highest BCUT2D eigenvalue weighted by atomic mass is 32.2. The molecule has 1 atom stereocenters. The smallest absolute Gasteiger partial charge is 0.163 e. The summed E-state index contributed by atoms with van der Waals surface area (Å²) < 4.78 is 1.78. The Morgan fingerprint density at radius 1 is 1.04 bits per heavy atom. The molecule has 6 heteroatoms. The van der Waals surface area contributed by atoms with Crippen LogP contribution in [-0.4, -0.2) is 19.9 Å². The van der Waals surface area contributed by atoms with Crippen molar-refractivity contribution in [2.45, 2.75) is 19.2 Å². The van der Waals surface area contributed by atoms with Crippen molar-refractivity contribution >= 4 is 16.8 Å². The minimum atomic E-state index is -0.197. The van der Waals surface area contributed by atoms with Crippen LogP contribution < -0.4 is 5.43 Å². The Morgan fingerprint density at radius 2 is 1.76 bits per heavy atom. The molecule has 126 valence electrons. The lowest BCUT2D eigenvalue weighted by Crippen LogP contribution is -2.13. The Labute approximate surface area is 150 Å². The van der Waals surface area contributed by atoms with E-state index in [0.717, 1.165) is 16.3 Å². The fourth-order valence-electron chi connectivity index (χ4n) is 2.77. The van der Waals surface area contributed by atoms with E-state index in [1.807, 2.05) is 30.3 Å². The molecule has 2 N–H and O–H groups in total. The summed E-state index contributed by atoms with van der Waals surface area (Å²) in [5, 5.41) is 20.2. The lowest BCUT2D eigenvalue weighted by molar-refractivity contribution is 0.459. The molecule has 1 aliphatic rings. The molecule has 2 aromatic carbocycles.